The van der Waals surface area contributed by atoms with Crippen LogP contribution in [0.2, 0.25) is 0 Å². The zero-order valence-electron chi connectivity index (χ0n) is 13.3. The molecule has 4 aliphatic rings. The zero-order valence-corrected chi connectivity index (χ0v) is 15.0. The van der Waals surface area contributed by atoms with Gasteiger partial charge >= 0.3 is 0 Å². The van der Waals surface area contributed by atoms with Gasteiger partial charge in [0.2, 0.25) is 0 Å². The predicted octanol–water partition coefficient (Wildman–Crippen LogP) is 3.28. The Hall–Kier alpha value is -0.620. The number of hydrogen-bond acceptors (Lipinski definition) is 6. The molecule has 120 valence electrons. The van der Waals surface area contributed by atoms with Crippen molar-refractivity contribution in [2.75, 3.05) is 18.8 Å². The summed E-state index contributed by atoms with van der Waals surface area (Å²) in [6.45, 7) is 6.45. The van der Waals surface area contributed by atoms with Crippen LogP contribution in [0.4, 0.5) is 0 Å². The average molecular weight is 337 g/mol. The molecule has 6 heteroatoms. The van der Waals surface area contributed by atoms with Crippen molar-refractivity contribution in [2.45, 2.75) is 51.1 Å². The van der Waals surface area contributed by atoms with E-state index in [9.17, 15) is 0 Å². The average Bonchev–Trinajstić information content (AvgIpc) is 3.00. The van der Waals surface area contributed by atoms with E-state index in [1.165, 1.54) is 36.5 Å². The second kappa shape index (κ2) is 5.78. The summed E-state index contributed by atoms with van der Waals surface area (Å²) in [4.78, 5) is 11.9. The summed E-state index contributed by atoms with van der Waals surface area (Å²) in [7, 11) is 0. The van der Waals surface area contributed by atoms with Crippen molar-refractivity contribution in [2.24, 2.45) is 15.9 Å². The Morgan fingerprint density at radius 1 is 1.41 bits per heavy atom. The number of hydrogen-bond donors (Lipinski definition) is 1. The highest BCUT2D eigenvalue weighted by atomic mass is 32.2. The number of aliphatic imine (C=N–C) groups is 2. The molecule has 2 atom stereocenters. The van der Waals surface area contributed by atoms with Gasteiger partial charge in [0, 0.05) is 30.6 Å². The molecule has 1 N–H and O–H groups in total. The Kier molecular flexibility index (Phi) is 3.93. The van der Waals surface area contributed by atoms with E-state index in [4.69, 9.17) is 9.98 Å². The van der Waals surface area contributed by atoms with Crippen molar-refractivity contribution in [3.63, 3.8) is 0 Å². The number of nitrogens with zero attached hydrogens (tertiary/aromatic N) is 3. The molecule has 1 saturated carbocycles. The van der Waals surface area contributed by atoms with E-state index in [-0.39, 0.29) is 5.54 Å². The van der Waals surface area contributed by atoms with Gasteiger partial charge in [-0.05, 0) is 38.0 Å². The van der Waals surface area contributed by atoms with Crippen LogP contribution in [0, 0.1) is 5.92 Å². The summed E-state index contributed by atoms with van der Waals surface area (Å²) in [6.07, 6.45) is 5.43. The van der Waals surface area contributed by atoms with Gasteiger partial charge in [0.1, 0.15) is 0 Å². The second-order valence-corrected chi connectivity index (χ2v) is 9.05. The highest BCUT2D eigenvalue weighted by Crippen LogP contribution is 2.37. The quantitative estimate of drug-likeness (QED) is 0.840. The fraction of sp³-hybridized carbons (Fsp3) is 0.750. The van der Waals surface area contributed by atoms with E-state index in [0.717, 1.165) is 29.9 Å². The Labute approximate surface area is 141 Å². The molecule has 4 nitrogen and oxygen atoms in total. The van der Waals surface area contributed by atoms with E-state index in [0.29, 0.717) is 6.04 Å². The minimum atomic E-state index is 0.0580. The predicted molar refractivity (Wildman–Crippen MR) is 97.5 cm³/mol. The molecule has 0 amide bonds. The van der Waals surface area contributed by atoms with E-state index >= 15 is 0 Å². The lowest BCUT2D eigenvalue weighted by atomic mass is 9.84. The van der Waals surface area contributed by atoms with Crippen molar-refractivity contribution in [1.29, 1.82) is 0 Å². The molecule has 0 saturated heterocycles. The summed E-state index contributed by atoms with van der Waals surface area (Å²) in [6, 6.07) is 0.670. The third-order valence-corrected chi connectivity index (χ3v) is 6.74. The first-order valence-corrected chi connectivity index (χ1v) is 10.1. The normalized spacial score (nSPS) is 32.6. The van der Waals surface area contributed by atoms with Crippen LogP contribution in [0.25, 0.3) is 0 Å². The Morgan fingerprint density at radius 2 is 2.27 bits per heavy atom. The van der Waals surface area contributed by atoms with Gasteiger partial charge in [-0.2, -0.15) is 0 Å². The van der Waals surface area contributed by atoms with E-state index in [1.807, 2.05) is 11.8 Å². The first-order valence-electron chi connectivity index (χ1n) is 8.28. The first-order chi connectivity index (χ1) is 10.6. The van der Waals surface area contributed by atoms with Crippen LogP contribution in [0.3, 0.4) is 0 Å². The molecule has 3 heterocycles. The number of thioether (sulfide) groups is 2. The van der Waals surface area contributed by atoms with E-state index in [2.05, 4.69) is 29.5 Å². The van der Waals surface area contributed by atoms with Gasteiger partial charge in [0.25, 0.3) is 0 Å². The van der Waals surface area contributed by atoms with Crippen molar-refractivity contribution in [3.8, 4) is 0 Å². The van der Waals surface area contributed by atoms with Crippen molar-refractivity contribution >= 4 is 33.9 Å². The van der Waals surface area contributed by atoms with Gasteiger partial charge < -0.3 is 10.2 Å². The Bertz CT molecular complexity index is 552. The Balaban J connectivity index is 1.34. The summed E-state index contributed by atoms with van der Waals surface area (Å²) in [5, 5.41) is 8.27. The number of nitrogens with one attached hydrogen (secondary N) is 1. The largest absolute Gasteiger partial charge is 0.362 e. The van der Waals surface area contributed by atoms with Gasteiger partial charge in [0.05, 0.1) is 5.54 Å². The van der Waals surface area contributed by atoms with Crippen LogP contribution in [0.5, 0.6) is 0 Å². The smallest absolute Gasteiger partial charge is 0.168 e. The van der Waals surface area contributed by atoms with Crippen LogP contribution < -0.4 is 5.32 Å². The van der Waals surface area contributed by atoms with Crippen LogP contribution in [-0.4, -0.2) is 45.7 Å². The third-order valence-electron chi connectivity index (χ3n) is 4.87. The van der Waals surface area contributed by atoms with Crippen LogP contribution in [-0.2, 0) is 0 Å². The van der Waals surface area contributed by atoms with Crippen LogP contribution >= 0.6 is 23.5 Å². The second-order valence-electron chi connectivity index (χ2n) is 7.25. The van der Waals surface area contributed by atoms with Crippen LogP contribution in [0.15, 0.2) is 21.1 Å². The molecular weight excluding hydrogens is 312 g/mol. The summed E-state index contributed by atoms with van der Waals surface area (Å²) in [5.41, 5.74) is 1.44. The maximum absolute atomic E-state index is 4.78. The lowest BCUT2D eigenvalue weighted by molar-refractivity contribution is 0.285. The molecular formula is C16H24N4S2. The van der Waals surface area contributed by atoms with E-state index < -0.39 is 0 Å². The van der Waals surface area contributed by atoms with Gasteiger partial charge in [-0.15, -0.1) is 0 Å². The van der Waals surface area contributed by atoms with Gasteiger partial charge in [-0.25, -0.2) is 0 Å². The fourth-order valence-electron chi connectivity index (χ4n) is 3.67. The molecule has 0 radical (unpaired) electrons. The monoisotopic (exact) mass is 336 g/mol. The topological polar surface area (TPSA) is 40.0 Å². The standard InChI is InChI=1S/C16H24N4S2/c1-16(2)10-20-12(9-22-15(20)19-16)8-21-14-17-7-11-5-3-4-6-13(11)18-14/h9,11,13H,3-8,10H2,1-2H3,(H,17,18)/t11-,13+/m1/s1. The summed E-state index contributed by atoms with van der Waals surface area (Å²) in [5.74, 6) is 1.77. The van der Waals surface area contributed by atoms with Crippen molar-refractivity contribution in [3.05, 3.63) is 11.1 Å². The number of amidine groups is 2. The van der Waals surface area contributed by atoms with Crippen molar-refractivity contribution in [1.82, 2.24) is 10.2 Å². The summed E-state index contributed by atoms with van der Waals surface area (Å²) >= 11 is 3.63. The number of fused-ring (bicyclic) bond motifs is 2. The lowest BCUT2D eigenvalue weighted by Crippen LogP contribution is -2.46. The highest BCUT2D eigenvalue weighted by Gasteiger charge is 2.36. The molecule has 4 rings (SSSR count). The molecule has 1 aliphatic carbocycles. The van der Waals surface area contributed by atoms with Crippen molar-refractivity contribution < 1.29 is 0 Å². The van der Waals surface area contributed by atoms with Gasteiger partial charge in [0.15, 0.2) is 10.3 Å². The van der Waals surface area contributed by atoms with Gasteiger partial charge in [-0.3, -0.25) is 9.98 Å². The fourth-order valence-corrected chi connectivity index (χ4v) is 5.76. The SMILES string of the molecule is CC1(C)CN2C(CSC3=NC[C@H]4CCCC[C@@H]4N3)=CSC2=N1. The first kappa shape index (κ1) is 14.9. The highest BCUT2D eigenvalue weighted by molar-refractivity contribution is 8.17. The third kappa shape index (κ3) is 2.92. The molecule has 0 aromatic carbocycles. The van der Waals surface area contributed by atoms with Crippen LogP contribution in [0.1, 0.15) is 39.5 Å². The minimum absolute atomic E-state index is 0.0580. The maximum Gasteiger partial charge on any atom is 0.168 e. The summed E-state index contributed by atoms with van der Waals surface area (Å²) < 4.78 is 0. The minimum Gasteiger partial charge on any atom is -0.362 e. The number of rotatable bonds is 2. The molecule has 0 unspecified atom stereocenters. The Morgan fingerprint density at radius 3 is 3.18 bits per heavy atom. The molecule has 0 aromatic heterocycles. The van der Waals surface area contributed by atoms with E-state index in [1.54, 1.807) is 11.8 Å². The molecule has 0 bridgehead atoms. The lowest BCUT2D eigenvalue weighted by Gasteiger charge is -2.35. The molecule has 0 aromatic rings. The molecule has 1 fully saturated rings. The molecule has 22 heavy (non-hydrogen) atoms. The zero-order chi connectivity index (χ0) is 15.2. The molecule has 0 spiro atoms. The maximum atomic E-state index is 4.78. The molecule has 3 aliphatic heterocycles. The van der Waals surface area contributed by atoms with Gasteiger partial charge in [-0.1, -0.05) is 36.4 Å².